The van der Waals surface area contributed by atoms with Crippen LogP contribution < -0.4 is 11.2 Å². The minimum atomic E-state index is 0.433. The van der Waals surface area contributed by atoms with Gasteiger partial charge >= 0.3 is 0 Å². The largest absolute Gasteiger partial charge is 0.345 e. The molecule has 5 heteroatoms. The summed E-state index contributed by atoms with van der Waals surface area (Å²) in [4.78, 5) is 12.2. The van der Waals surface area contributed by atoms with Crippen LogP contribution in [0.25, 0.3) is 11.2 Å². The highest BCUT2D eigenvalue weighted by molar-refractivity contribution is 5.70. The standard InChI is InChI=1S/C12H17N5/c13-8-17-10-5-6-14-12(10)15-7-11(17)16-9-3-1-2-4-9/h5-7,9,14H,1-4,8,13H2/b16-11-. The van der Waals surface area contributed by atoms with Crippen molar-refractivity contribution < 1.29 is 0 Å². The van der Waals surface area contributed by atoms with Gasteiger partial charge in [0, 0.05) is 6.20 Å². The Morgan fingerprint density at radius 2 is 2.29 bits per heavy atom. The third kappa shape index (κ3) is 1.86. The third-order valence-electron chi connectivity index (χ3n) is 3.40. The summed E-state index contributed by atoms with van der Waals surface area (Å²) in [6.07, 6.45) is 8.64. The molecule has 0 saturated heterocycles. The molecule has 0 aromatic carbocycles. The predicted molar refractivity (Wildman–Crippen MR) is 66.1 cm³/mol. The quantitative estimate of drug-likeness (QED) is 0.813. The molecule has 0 spiro atoms. The second-order valence-corrected chi connectivity index (χ2v) is 4.51. The van der Waals surface area contributed by atoms with Crippen LogP contribution in [0.3, 0.4) is 0 Å². The molecule has 2 heterocycles. The first-order chi connectivity index (χ1) is 8.38. The Balaban J connectivity index is 2.14. The molecule has 0 bridgehead atoms. The molecule has 5 nitrogen and oxygen atoms in total. The van der Waals surface area contributed by atoms with Crippen LogP contribution in [0.2, 0.25) is 0 Å². The molecule has 0 unspecified atom stereocenters. The van der Waals surface area contributed by atoms with E-state index in [0.717, 1.165) is 16.7 Å². The van der Waals surface area contributed by atoms with Crippen molar-refractivity contribution in [2.75, 3.05) is 0 Å². The summed E-state index contributed by atoms with van der Waals surface area (Å²) in [6, 6.07) is 2.44. The highest BCUT2D eigenvalue weighted by Gasteiger charge is 2.13. The average Bonchev–Trinajstić information content (AvgIpc) is 2.98. The number of nitrogens with two attached hydrogens (primary N) is 1. The number of hydrogen-bond acceptors (Lipinski definition) is 3. The van der Waals surface area contributed by atoms with Gasteiger partial charge in [0.2, 0.25) is 0 Å². The molecule has 0 atom stereocenters. The van der Waals surface area contributed by atoms with Gasteiger partial charge in [0.25, 0.3) is 0 Å². The van der Waals surface area contributed by atoms with E-state index in [1.807, 2.05) is 23.0 Å². The van der Waals surface area contributed by atoms with Gasteiger partial charge in [-0.15, -0.1) is 0 Å². The Bertz CT molecular complexity index is 574. The highest BCUT2D eigenvalue weighted by atomic mass is 15.1. The van der Waals surface area contributed by atoms with Crippen molar-refractivity contribution in [1.29, 1.82) is 0 Å². The van der Waals surface area contributed by atoms with Crippen LogP contribution in [-0.2, 0) is 6.67 Å². The molecule has 0 aliphatic heterocycles. The first-order valence-corrected chi connectivity index (χ1v) is 6.15. The topological polar surface area (TPSA) is 72.0 Å². The second-order valence-electron chi connectivity index (χ2n) is 4.51. The van der Waals surface area contributed by atoms with E-state index in [2.05, 4.69) is 9.97 Å². The fraction of sp³-hybridized carbons (Fsp3) is 0.500. The molecule has 2 aromatic rings. The molecule has 1 aliphatic rings. The molecular formula is C12H17N5. The van der Waals surface area contributed by atoms with Gasteiger partial charge in [-0.25, -0.2) is 4.98 Å². The van der Waals surface area contributed by atoms with Gasteiger partial charge in [0.1, 0.15) is 5.49 Å². The number of nitrogens with zero attached hydrogens (tertiary/aromatic N) is 3. The number of rotatable bonds is 2. The maximum Gasteiger partial charge on any atom is 0.154 e. The SMILES string of the molecule is NCn1/c(=N\C2CCCC2)cnc2[nH]ccc21. The van der Waals surface area contributed by atoms with Gasteiger partial charge in [-0.2, -0.15) is 0 Å². The van der Waals surface area contributed by atoms with Crippen LogP contribution in [0.1, 0.15) is 25.7 Å². The molecule has 0 radical (unpaired) electrons. The Labute approximate surface area is 99.4 Å². The van der Waals surface area contributed by atoms with E-state index in [1.165, 1.54) is 25.7 Å². The van der Waals surface area contributed by atoms with Crippen LogP contribution in [0.4, 0.5) is 0 Å². The average molecular weight is 231 g/mol. The van der Waals surface area contributed by atoms with Gasteiger partial charge in [-0.3, -0.25) is 4.99 Å². The first-order valence-electron chi connectivity index (χ1n) is 6.15. The number of aromatic amines is 1. The van der Waals surface area contributed by atoms with E-state index in [-0.39, 0.29) is 0 Å². The summed E-state index contributed by atoms with van der Waals surface area (Å²) in [5.41, 5.74) is 8.59. The Hall–Kier alpha value is -1.62. The van der Waals surface area contributed by atoms with E-state index < -0.39 is 0 Å². The molecule has 0 amide bonds. The fourth-order valence-corrected chi connectivity index (χ4v) is 2.50. The zero-order valence-electron chi connectivity index (χ0n) is 9.76. The molecule has 2 aromatic heterocycles. The lowest BCUT2D eigenvalue weighted by Crippen LogP contribution is -2.27. The van der Waals surface area contributed by atoms with E-state index in [9.17, 15) is 0 Å². The van der Waals surface area contributed by atoms with Gasteiger partial charge in [-0.05, 0) is 18.9 Å². The number of aromatic nitrogens is 3. The second kappa shape index (κ2) is 4.33. The van der Waals surface area contributed by atoms with Gasteiger partial charge in [0.05, 0.1) is 24.4 Å². The Morgan fingerprint density at radius 3 is 3.06 bits per heavy atom. The molecule has 1 aliphatic carbocycles. The normalized spacial score (nSPS) is 18.3. The van der Waals surface area contributed by atoms with Gasteiger partial charge < -0.3 is 15.3 Å². The van der Waals surface area contributed by atoms with Gasteiger partial charge in [0.15, 0.2) is 5.65 Å². The summed E-state index contributed by atoms with van der Waals surface area (Å²) < 4.78 is 2.01. The summed E-state index contributed by atoms with van der Waals surface area (Å²) in [7, 11) is 0. The van der Waals surface area contributed by atoms with E-state index in [0.29, 0.717) is 12.7 Å². The zero-order valence-corrected chi connectivity index (χ0v) is 9.76. The molecule has 1 fully saturated rings. The van der Waals surface area contributed by atoms with E-state index >= 15 is 0 Å². The van der Waals surface area contributed by atoms with Crippen LogP contribution in [0, 0.1) is 0 Å². The number of hydrogen-bond donors (Lipinski definition) is 2. The predicted octanol–water partition coefficient (Wildman–Crippen LogP) is 1.12. The fourth-order valence-electron chi connectivity index (χ4n) is 2.50. The van der Waals surface area contributed by atoms with Crippen molar-refractivity contribution in [2.24, 2.45) is 10.7 Å². The van der Waals surface area contributed by atoms with Crippen molar-refractivity contribution in [1.82, 2.24) is 14.5 Å². The molecule has 17 heavy (non-hydrogen) atoms. The van der Waals surface area contributed by atoms with Crippen molar-refractivity contribution in [3.8, 4) is 0 Å². The molecule has 3 N–H and O–H groups in total. The molecule has 3 rings (SSSR count). The van der Waals surface area contributed by atoms with Crippen LogP contribution in [-0.4, -0.2) is 20.6 Å². The maximum absolute atomic E-state index is 5.81. The Kier molecular flexibility index (Phi) is 2.68. The number of nitrogens with one attached hydrogen (secondary N) is 1. The van der Waals surface area contributed by atoms with Crippen LogP contribution in [0.15, 0.2) is 23.5 Å². The minimum absolute atomic E-state index is 0.433. The molecule has 1 saturated carbocycles. The lowest BCUT2D eigenvalue weighted by atomic mass is 10.3. The first kappa shape index (κ1) is 10.5. The highest BCUT2D eigenvalue weighted by Crippen LogP contribution is 2.20. The Morgan fingerprint density at radius 1 is 1.47 bits per heavy atom. The summed E-state index contributed by atoms with van der Waals surface area (Å²) in [5, 5.41) is 0. The zero-order chi connectivity index (χ0) is 11.7. The van der Waals surface area contributed by atoms with E-state index in [4.69, 9.17) is 10.7 Å². The lowest BCUT2D eigenvalue weighted by Gasteiger charge is -2.08. The van der Waals surface area contributed by atoms with Crippen molar-refractivity contribution in [3.63, 3.8) is 0 Å². The summed E-state index contributed by atoms with van der Waals surface area (Å²) in [6.45, 7) is 0.433. The van der Waals surface area contributed by atoms with E-state index in [1.54, 1.807) is 0 Å². The van der Waals surface area contributed by atoms with Crippen molar-refractivity contribution in [2.45, 2.75) is 38.4 Å². The smallest absolute Gasteiger partial charge is 0.154 e. The number of fused-ring (bicyclic) bond motifs is 1. The number of H-pyrrole nitrogens is 1. The molecule has 90 valence electrons. The van der Waals surface area contributed by atoms with Crippen molar-refractivity contribution in [3.05, 3.63) is 23.9 Å². The minimum Gasteiger partial charge on any atom is -0.345 e. The summed E-state index contributed by atoms with van der Waals surface area (Å²) >= 11 is 0. The third-order valence-corrected chi connectivity index (χ3v) is 3.40. The van der Waals surface area contributed by atoms with Gasteiger partial charge in [-0.1, -0.05) is 12.8 Å². The van der Waals surface area contributed by atoms with Crippen LogP contribution >= 0.6 is 0 Å². The maximum atomic E-state index is 5.81. The monoisotopic (exact) mass is 231 g/mol. The van der Waals surface area contributed by atoms with Crippen LogP contribution in [0.5, 0.6) is 0 Å². The summed E-state index contributed by atoms with van der Waals surface area (Å²) in [5.74, 6) is 0. The lowest BCUT2D eigenvalue weighted by molar-refractivity contribution is 0.635. The van der Waals surface area contributed by atoms with Crippen molar-refractivity contribution >= 4 is 11.2 Å². The molecular weight excluding hydrogens is 214 g/mol.